The number of nitrogens with one attached hydrogen (secondary N) is 2. The molecule has 0 saturated carbocycles. The molecule has 4 aromatic carbocycles. The lowest BCUT2D eigenvalue weighted by atomic mass is 10.1. The molecule has 178 valence electrons. The summed E-state index contributed by atoms with van der Waals surface area (Å²) in [4.78, 5) is 20.3. The molecule has 7 aromatic rings. The van der Waals surface area contributed by atoms with Gasteiger partial charge in [-0.1, -0.05) is 103 Å². The average molecular weight is 498 g/mol. The number of aromatic nitrogens is 5. The number of rotatable bonds is 4. The fraction of sp³-hybridized carbons (Fsp3) is 0. The normalized spacial score (nSPS) is 10.7. The molecule has 3 aromatic heterocycles. The van der Waals surface area contributed by atoms with Crippen molar-refractivity contribution in [2.45, 2.75) is 0 Å². The highest BCUT2D eigenvalue weighted by Gasteiger charge is 2.14. The van der Waals surface area contributed by atoms with E-state index in [4.69, 9.17) is 4.98 Å². The fourth-order valence-corrected chi connectivity index (χ4v) is 4.66. The molecule has 3 heterocycles. The third-order valence-corrected chi connectivity index (χ3v) is 6.51. The Hall–Kier alpha value is -4.81. The number of imidazole rings is 2. The van der Waals surface area contributed by atoms with Crippen molar-refractivity contribution < 1.29 is 0 Å². The summed E-state index contributed by atoms with van der Waals surface area (Å²) < 4.78 is 0. The smallest absolute Gasteiger partial charge is 0.158 e. The third-order valence-electron chi connectivity index (χ3n) is 5.93. The van der Waals surface area contributed by atoms with Crippen molar-refractivity contribution in [2.75, 3.05) is 0 Å². The molecule has 0 radical (unpaired) electrons. The van der Waals surface area contributed by atoms with Crippen LogP contribution in [0.3, 0.4) is 0 Å². The second kappa shape index (κ2) is 10.4. The molecule has 2 N–H and O–H groups in total. The number of para-hydroxylation sites is 2. The van der Waals surface area contributed by atoms with Crippen LogP contribution in [0.2, 0.25) is 0 Å². The summed E-state index contributed by atoms with van der Waals surface area (Å²) in [6.45, 7) is 0. The van der Waals surface area contributed by atoms with Gasteiger partial charge in [0.05, 0.1) is 27.9 Å². The van der Waals surface area contributed by atoms with Gasteiger partial charge < -0.3 is 9.97 Å². The van der Waals surface area contributed by atoms with Gasteiger partial charge in [0.2, 0.25) is 0 Å². The average Bonchev–Trinajstić information content (AvgIpc) is 3.74. The van der Waals surface area contributed by atoms with Crippen LogP contribution in [0.15, 0.2) is 126 Å². The molecule has 0 atom stereocenters. The van der Waals surface area contributed by atoms with E-state index in [9.17, 15) is 0 Å². The lowest BCUT2D eigenvalue weighted by Gasteiger charge is -2.02. The molecule has 0 aliphatic heterocycles. The van der Waals surface area contributed by atoms with Gasteiger partial charge in [0.15, 0.2) is 5.82 Å². The van der Waals surface area contributed by atoms with E-state index in [2.05, 4.69) is 56.3 Å². The summed E-state index contributed by atoms with van der Waals surface area (Å²) in [5, 5.41) is 1.98. The molecule has 0 spiro atoms. The summed E-state index contributed by atoms with van der Waals surface area (Å²) in [6, 6.07) is 38.8. The maximum Gasteiger partial charge on any atom is 0.158 e. The molecule has 37 heavy (non-hydrogen) atoms. The minimum absolute atomic E-state index is 0.840. The van der Waals surface area contributed by atoms with Gasteiger partial charge in [-0.25, -0.2) is 15.0 Å². The zero-order chi connectivity index (χ0) is 24.9. The van der Waals surface area contributed by atoms with Gasteiger partial charge in [-0.3, -0.25) is 0 Å². The summed E-state index contributed by atoms with van der Waals surface area (Å²) in [7, 11) is 0. The van der Waals surface area contributed by atoms with Crippen molar-refractivity contribution in [2.24, 2.45) is 0 Å². The van der Waals surface area contributed by atoms with Crippen LogP contribution in [0, 0.1) is 0 Å². The third kappa shape index (κ3) is 4.96. The summed E-state index contributed by atoms with van der Waals surface area (Å²) >= 11 is 1.57. The van der Waals surface area contributed by atoms with E-state index in [1.54, 1.807) is 11.3 Å². The Kier molecular flexibility index (Phi) is 6.39. The van der Waals surface area contributed by atoms with Gasteiger partial charge in [0.25, 0.3) is 0 Å². The van der Waals surface area contributed by atoms with Crippen molar-refractivity contribution in [1.29, 1.82) is 0 Å². The van der Waals surface area contributed by atoms with Crippen molar-refractivity contribution >= 4 is 22.4 Å². The number of nitrogens with zero attached hydrogens (tertiary/aromatic N) is 3. The number of fused-ring (bicyclic) bond motifs is 1. The van der Waals surface area contributed by atoms with Crippen LogP contribution in [0.5, 0.6) is 0 Å². The number of aromatic amines is 2. The zero-order valence-corrected chi connectivity index (χ0v) is 20.7. The van der Waals surface area contributed by atoms with E-state index in [0.29, 0.717) is 0 Å². The van der Waals surface area contributed by atoms with Crippen LogP contribution in [-0.2, 0) is 0 Å². The van der Waals surface area contributed by atoms with E-state index in [1.807, 2.05) is 89.8 Å². The largest absolute Gasteiger partial charge is 0.337 e. The number of benzene rings is 4. The number of thiazole rings is 1. The molecule has 6 heteroatoms. The highest BCUT2D eigenvalue weighted by molar-refractivity contribution is 7.07. The van der Waals surface area contributed by atoms with Gasteiger partial charge in [0, 0.05) is 22.1 Å². The number of H-pyrrole nitrogens is 2. The first-order valence-corrected chi connectivity index (χ1v) is 12.9. The zero-order valence-electron chi connectivity index (χ0n) is 19.9. The summed E-state index contributed by atoms with van der Waals surface area (Å²) in [5.41, 5.74) is 10.1. The van der Waals surface area contributed by atoms with Gasteiger partial charge in [-0.05, 0) is 12.1 Å². The Morgan fingerprint density at radius 2 is 1.16 bits per heavy atom. The molecule has 0 aliphatic carbocycles. The molecule has 7 rings (SSSR count). The minimum Gasteiger partial charge on any atom is -0.337 e. The predicted molar refractivity (Wildman–Crippen MR) is 152 cm³/mol. The molecule has 0 fully saturated rings. The van der Waals surface area contributed by atoms with Crippen LogP contribution in [-0.4, -0.2) is 24.9 Å². The molecular formula is C31H23N5S. The van der Waals surface area contributed by atoms with E-state index in [-0.39, 0.29) is 0 Å². The lowest BCUT2D eigenvalue weighted by molar-refractivity contribution is 1.27. The number of hydrogen-bond donors (Lipinski definition) is 2. The van der Waals surface area contributed by atoms with Crippen molar-refractivity contribution in [1.82, 2.24) is 24.9 Å². The summed E-state index contributed by atoms with van der Waals surface area (Å²) in [6.07, 6.45) is 0. The van der Waals surface area contributed by atoms with Gasteiger partial charge >= 0.3 is 0 Å². The van der Waals surface area contributed by atoms with E-state index >= 15 is 0 Å². The first-order chi connectivity index (χ1) is 18.3. The van der Waals surface area contributed by atoms with E-state index in [0.717, 1.165) is 56.5 Å². The van der Waals surface area contributed by atoms with Crippen LogP contribution in [0.1, 0.15) is 0 Å². The molecular weight excluding hydrogens is 474 g/mol. The summed E-state index contributed by atoms with van der Waals surface area (Å²) in [5.74, 6) is 1.73. The Morgan fingerprint density at radius 3 is 1.81 bits per heavy atom. The molecule has 0 aliphatic rings. The lowest BCUT2D eigenvalue weighted by Crippen LogP contribution is -1.82. The second-order valence-corrected chi connectivity index (χ2v) is 9.10. The first-order valence-electron chi connectivity index (χ1n) is 11.9. The fourth-order valence-electron chi connectivity index (χ4n) is 4.13. The Labute approximate surface area is 218 Å². The maximum absolute atomic E-state index is 4.87. The first kappa shape index (κ1) is 22.6. The molecule has 0 saturated heterocycles. The Morgan fingerprint density at radius 1 is 0.541 bits per heavy atom. The van der Waals surface area contributed by atoms with Crippen molar-refractivity contribution in [3.8, 4) is 45.4 Å². The van der Waals surface area contributed by atoms with Gasteiger partial charge in [0.1, 0.15) is 11.5 Å². The second-order valence-electron chi connectivity index (χ2n) is 8.38. The standard InChI is InChI=1S/C21H16N2.C10H7N3S/c1-4-10-16(11-5-1)19-20(17-12-6-2-7-13-17)23-21(22-19)18-14-8-3-9-15-18;1-2-4-8-7(3-1)12-10(13-8)9-5-14-6-11-9/h1-15H,(H,22,23);1-6H,(H,12,13). The molecule has 0 bridgehead atoms. The molecule has 0 amide bonds. The van der Waals surface area contributed by atoms with Crippen LogP contribution in [0.4, 0.5) is 0 Å². The van der Waals surface area contributed by atoms with E-state index in [1.165, 1.54) is 0 Å². The quantitative estimate of drug-likeness (QED) is 0.258. The van der Waals surface area contributed by atoms with Gasteiger partial charge in [-0.15, -0.1) is 11.3 Å². The topological polar surface area (TPSA) is 70.2 Å². The van der Waals surface area contributed by atoms with Crippen molar-refractivity contribution in [3.05, 3.63) is 126 Å². The number of hydrogen-bond acceptors (Lipinski definition) is 4. The van der Waals surface area contributed by atoms with Crippen LogP contribution < -0.4 is 0 Å². The maximum atomic E-state index is 4.87. The van der Waals surface area contributed by atoms with E-state index < -0.39 is 0 Å². The predicted octanol–water partition coefficient (Wildman–Crippen LogP) is 8.10. The van der Waals surface area contributed by atoms with Crippen LogP contribution in [0.25, 0.3) is 56.5 Å². The molecule has 5 nitrogen and oxygen atoms in total. The highest BCUT2D eigenvalue weighted by atomic mass is 32.1. The van der Waals surface area contributed by atoms with Crippen LogP contribution >= 0.6 is 11.3 Å². The minimum atomic E-state index is 0.840. The SMILES string of the molecule is c1ccc(-c2nc(-c3ccccc3)c(-c3ccccc3)[nH]2)cc1.c1ccc2[nH]c(-c3cscn3)nc2c1. The monoisotopic (exact) mass is 497 g/mol. The Balaban J connectivity index is 0.000000153. The Bertz CT molecular complexity index is 1610. The highest BCUT2D eigenvalue weighted by Crippen LogP contribution is 2.32. The van der Waals surface area contributed by atoms with Gasteiger partial charge in [-0.2, -0.15) is 0 Å². The van der Waals surface area contributed by atoms with Crippen molar-refractivity contribution in [3.63, 3.8) is 0 Å². The molecule has 0 unspecified atom stereocenters.